The van der Waals surface area contributed by atoms with E-state index in [1.807, 2.05) is 0 Å². The zero-order chi connectivity index (χ0) is 32.8. The molecule has 44 heavy (non-hydrogen) atoms. The van der Waals surface area contributed by atoms with Crippen molar-refractivity contribution >= 4 is 41.5 Å². The molecule has 2 heterocycles. The van der Waals surface area contributed by atoms with Crippen molar-refractivity contribution in [3.63, 3.8) is 0 Å². The number of amides is 5. The second-order valence-corrected chi connectivity index (χ2v) is 11.2. The molecule has 0 radical (unpaired) electrons. The predicted molar refractivity (Wildman–Crippen MR) is 160 cm³/mol. The fourth-order valence-electron chi connectivity index (χ4n) is 5.49. The first-order chi connectivity index (χ1) is 20.9. The molecular formula is C27H48N10O7. The molecule has 0 aromatic heterocycles. The van der Waals surface area contributed by atoms with Gasteiger partial charge in [-0.15, -0.1) is 0 Å². The quantitative estimate of drug-likeness (QED) is 0.0426. The van der Waals surface area contributed by atoms with E-state index in [4.69, 9.17) is 28.7 Å². The number of nitrogens with two attached hydrogens (primary N) is 5. The third-order valence-corrected chi connectivity index (χ3v) is 7.82. The number of carbonyl (C=O) groups is 6. The Hall–Kier alpha value is -3.99. The Labute approximate surface area is 256 Å². The smallest absolute Gasteiger partial charge is 0.326 e. The van der Waals surface area contributed by atoms with Crippen LogP contribution in [0.3, 0.4) is 0 Å². The standard InChI is InChI=1S/C27H48N10O7/c28-12-2-1-7-17(25(42)37-15-5-9-20(37)23(40)35-18(26(43)44)10-11-21(30)38)34-22(39)19-8-4-14-36(19)24(41)16(29)6-3-13-33-27(31)32/h16-20H,1-15,28-29H2,(H2,30,38)(H,34,39)(H,35,40)(H,43,44)(H4,31,32,33)/t16-,17-,18-,19-,20-/m0/s1. The Morgan fingerprint density at radius 2 is 1.36 bits per heavy atom. The maximum atomic E-state index is 13.8. The van der Waals surface area contributed by atoms with Gasteiger partial charge >= 0.3 is 5.97 Å². The van der Waals surface area contributed by atoms with Crippen LogP contribution in [-0.4, -0.2) is 113 Å². The summed E-state index contributed by atoms with van der Waals surface area (Å²) in [6.07, 6.45) is 3.56. The van der Waals surface area contributed by atoms with Crippen LogP contribution in [-0.2, 0) is 28.8 Å². The second-order valence-electron chi connectivity index (χ2n) is 11.2. The van der Waals surface area contributed by atoms with Crippen molar-refractivity contribution in [3.05, 3.63) is 0 Å². The number of carboxylic acids is 1. The number of carboxylic acid groups (broad SMARTS) is 1. The van der Waals surface area contributed by atoms with Crippen LogP contribution >= 0.6 is 0 Å². The number of primary amides is 1. The summed E-state index contributed by atoms with van der Waals surface area (Å²) in [5, 5.41) is 14.7. The van der Waals surface area contributed by atoms with Gasteiger partial charge in [-0.05, 0) is 70.8 Å². The molecule has 0 bridgehead atoms. The van der Waals surface area contributed by atoms with Crippen molar-refractivity contribution in [1.29, 1.82) is 0 Å². The first kappa shape index (κ1) is 36.2. The molecule has 0 aromatic carbocycles. The number of hydrogen-bond acceptors (Lipinski definition) is 9. The molecule has 17 nitrogen and oxygen atoms in total. The molecule has 0 aromatic rings. The van der Waals surface area contributed by atoms with Gasteiger partial charge in [-0.1, -0.05) is 0 Å². The highest BCUT2D eigenvalue weighted by molar-refractivity contribution is 5.96. The summed E-state index contributed by atoms with van der Waals surface area (Å²) in [5.41, 5.74) is 27.5. The number of likely N-dealkylation sites (tertiary alicyclic amines) is 2. The van der Waals surface area contributed by atoms with Gasteiger partial charge in [-0.25, -0.2) is 4.79 Å². The van der Waals surface area contributed by atoms with E-state index in [-0.39, 0.29) is 37.7 Å². The van der Waals surface area contributed by atoms with Crippen LogP contribution in [0.1, 0.15) is 70.6 Å². The Kier molecular flexibility index (Phi) is 14.8. The van der Waals surface area contributed by atoms with Gasteiger partial charge in [0.2, 0.25) is 29.5 Å². The highest BCUT2D eigenvalue weighted by Gasteiger charge is 2.41. The van der Waals surface area contributed by atoms with Crippen LogP contribution in [0.4, 0.5) is 0 Å². The molecule has 2 aliphatic heterocycles. The molecule has 13 N–H and O–H groups in total. The van der Waals surface area contributed by atoms with E-state index in [9.17, 15) is 33.9 Å². The Morgan fingerprint density at radius 3 is 1.89 bits per heavy atom. The molecule has 0 saturated carbocycles. The summed E-state index contributed by atoms with van der Waals surface area (Å²) in [4.78, 5) is 82.8. The fourth-order valence-corrected chi connectivity index (χ4v) is 5.49. The summed E-state index contributed by atoms with van der Waals surface area (Å²) in [7, 11) is 0. The number of aliphatic carboxylic acids is 1. The Balaban J connectivity index is 2.11. The van der Waals surface area contributed by atoms with E-state index in [0.717, 1.165) is 0 Å². The number of carbonyl (C=O) groups excluding carboxylic acids is 5. The summed E-state index contributed by atoms with van der Waals surface area (Å²) in [6, 6.07) is -4.94. The second kappa shape index (κ2) is 18.0. The van der Waals surface area contributed by atoms with Crippen LogP contribution in [0.15, 0.2) is 4.99 Å². The summed E-state index contributed by atoms with van der Waals surface area (Å²) in [5.74, 6) is -4.10. The molecule has 2 fully saturated rings. The normalized spacial score (nSPS) is 20.0. The maximum absolute atomic E-state index is 13.8. The Bertz CT molecular complexity index is 1070. The fraction of sp³-hybridized carbons (Fsp3) is 0.741. The zero-order valence-electron chi connectivity index (χ0n) is 25.1. The van der Waals surface area contributed by atoms with Crippen molar-refractivity contribution in [1.82, 2.24) is 20.4 Å². The molecule has 2 rings (SSSR count). The molecule has 2 saturated heterocycles. The highest BCUT2D eigenvalue weighted by atomic mass is 16.4. The van der Waals surface area contributed by atoms with Gasteiger partial charge in [0, 0.05) is 26.1 Å². The number of unbranched alkanes of at least 4 members (excludes halogenated alkanes) is 1. The molecule has 0 spiro atoms. The van der Waals surface area contributed by atoms with Gasteiger partial charge in [0.05, 0.1) is 6.04 Å². The van der Waals surface area contributed by atoms with Gasteiger partial charge in [0.25, 0.3) is 0 Å². The number of nitrogens with zero attached hydrogens (tertiary/aromatic N) is 3. The highest BCUT2D eigenvalue weighted by Crippen LogP contribution is 2.23. The van der Waals surface area contributed by atoms with Crippen molar-refractivity contribution in [2.75, 3.05) is 26.2 Å². The lowest BCUT2D eigenvalue weighted by atomic mass is 10.0. The molecular weight excluding hydrogens is 576 g/mol. The minimum Gasteiger partial charge on any atom is -0.480 e. The average Bonchev–Trinajstić information content (AvgIpc) is 3.66. The number of rotatable bonds is 18. The summed E-state index contributed by atoms with van der Waals surface area (Å²) < 4.78 is 0. The van der Waals surface area contributed by atoms with Gasteiger partial charge in [-0.3, -0.25) is 29.0 Å². The van der Waals surface area contributed by atoms with Crippen LogP contribution in [0, 0.1) is 0 Å². The minimum atomic E-state index is -1.35. The predicted octanol–water partition coefficient (Wildman–Crippen LogP) is -3.20. The molecule has 248 valence electrons. The minimum absolute atomic E-state index is 0.0534. The first-order valence-electron chi connectivity index (χ1n) is 15.1. The van der Waals surface area contributed by atoms with E-state index in [2.05, 4.69) is 15.6 Å². The lowest BCUT2D eigenvalue weighted by molar-refractivity contribution is -0.145. The van der Waals surface area contributed by atoms with E-state index in [1.165, 1.54) is 9.80 Å². The monoisotopic (exact) mass is 624 g/mol. The number of nitrogens with one attached hydrogen (secondary N) is 2. The van der Waals surface area contributed by atoms with Gasteiger partial charge in [0.15, 0.2) is 5.96 Å². The van der Waals surface area contributed by atoms with E-state index >= 15 is 0 Å². The SMILES string of the molecule is NCCCC[C@H](NC(=O)[C@@H]1CCCN1C(=O)[C@@H](N)CCCN=C(N)N)C(=O)N1CCC[C@H]1C(=O)N[C@@H](CCC(N)=O)C(=O)O. The van der Waals surface area contributed by atoms with Crippen molar-refractivity contribution < 1.29 is 33.9 Å². The zero-order valence-corrected chi connectivity index (χ0v) is 25.1. The molecule has 0 unspecified atom stereocenters. The first-order valence-corrected chi connectivity index (χ1v) is 15.1. The average molecular weight is 625 g/mol. The maximum Gasteiger partial charge on any atom is 0.326 e. The third kappa shape index (κ3) is 10.9. The van der Waals surface area contributed by atoms with E-state index in [0.29, 0.717) is 71.0 Å². The van der Waals surface area contributed by atoms with Crippen LogP contribution in [0.2, 0.25) is 0 Å². The molecule has 2 aliphatic rings. The molecule has 5 amide bonds. The molecule has 0 aliphatic carbocycles. The van der Waals surface area contributed by atoms with Gasteiger partial charge < -0.3 is 54.2 Å². The number of hydrogen-bond donors (Lipinski definition) is 8. The van der Waals surface area contributed by atoms with Crippen LogP contribution in [0.25, 0.3) is 0 Å². The van der Waals surface area contributed by atoms with Crippen LogP contribution < -0.4 is 39.3 Å². The summed E-state index contributed by atoms with van der Waals surface area (Å²) in [6.45, 7) is 1.29. The number of aliphatic imine (C=N–C) groups is 1. The van der Waals surface area contributed by atoms with Gasteiger partial charge in [-0.2, -0.15) is 0 Å². The lowest BCUT2D eigenvalue weighted by Crippen LogP contribution is -2.58. The van der Waals surface area contributed by atoms with Crippen molar-refractivity contribution in [3.8, 4) is 0 Å². The van der Waals surface area contributed by atoms with E-state index in [1.54, 1.807) is 0 Å². The van der Waals surface area contributed by atoms with Gasteiger partial charge in [0.1, 0.15) is 24.2 Å². The topological polar surface area (TPSA) is 296 Å². The molecule has 5 atom stereocenters. The largest absolute Gasteiger partial charge is 0.480 e. The third-order valence-electron chi connectivity index (χ3n) is 7.82. The lowest BCUT2D eigenvalue weighted by Gasteiger charge is -2.31. The molecule has 17 heteroatoms. The van der Waals surface area contributed by atoms with Crippen molar-refractivity contribution in [2.24, 2.45) is 33.7 Å². The number of guanidine groups is 1. The van der Waals surface area contributed by atoms with Crippen molar-refractivity contribution in [2.45, 2.75) is 101 Å². The van der Waals surface area contributed by atoms with Crippen LogP contribution in [0.5, 0.6) is 0 Å². The Morgan fingerprint density at radius 1 is 0.795 bits per heavy atom. The summed E-state index contributed by atoms with van der Waals surface area (Å²) >= 11 is 0. The van der Waals surface area contributed by atoms with E-state index < -0.39 is 59.8 Å².